The number of benzene rings is 2. The first-order valence-corrected chi connectivity index (χ1v) is 10.8. The summed E-state index contributed by atoms with van der Waals surface area (Å²) in [7, 11) is 0. The zero-order chi connectivity index (χ0) is 22.1. The lowest BCUT2D eigenvalue weighted by Gasteiger charge is -2.29. The van der Waals surface area contributed by atoms with Crippen molar-refractivity contribution in [2.45, 2.75) is 59.2 Å². The van der Waals surface area contributed by atoms with Gasteiger partial charge in [-0.25, -0.2) is 0 Å². The van der Waals surface area contributed by atoms with E-state index in [4.69, 9.17) is 16.3 Å². The Morgan fingerprint density at radius 3 is 2.17 bits per heavy atom. The third-order valence-corrected chi connectivity index (χ3v) is 5.38. The summed E-state index contributed by atoms with van der Waals surface area (Å²) in [5.41, 5.74) is 2.09. The van der Waals surface area contributed by atoms with Gasteiger partial charge in [0.05, 0.1) is 0 Å². The minimum Gasteiger partial charge on any atom is -0.484 e. The quantitative estimate of drug-likeness (QED) is 0.598. The highest BCUT2D eigenvalue weighted by Crippen LogP contribution is 2.16. The van der Waals surface area contributed by atoms with E-state index in [1.54, 1.807) is 24.0 Å². The van der Waals surface area contributed by atoms with Crippen LogP contribution in [-0.4, -0.2) is 35.4 Å². The fourth-order valence-corrected chi connectivity index (χ4v) is 3.01. The van der Waals surface area contributed by atoms with Crippen LogP contribution in [0.2, 0.25) is 5.02 Å². The van der Waals surface area contributed by atoms with Crippen LogP contribution in [0, 0.1) is 0 Å². The monoisotopic (exact) mass is 430 g/mol. The van der Waals surface area contributed by atoms with Crippen molar-refractivity contribution in [2.24, 2.45) is 0 Å². The first kappa shape index (κ1) is 23.7. The van der Waals surface area contributed by atoms with Gasteiger partial charge in [0.2, 0.25) is 5.91 Å². The van der Waals surface area contributed by atoms with Crippen LogP contribution in [0.15, 0.2) is 48.5 Å². The molecule has 6 heteroatoms. The van der Waals surface area contributed by atoms with Crippen LogP contribution >= 0.6 is 11.6 Å². The zero-order valence-corrected chi connectivity index (χ0v) is 18.9. The minimum atomic E-state index is -0.631. The summed E-state index contributed by atoms with van der Waals surface area (Å²) >= 11 is 5.97. The lowest BCUT2D eigenvalue weighted by molar-refractivity contribution is -0.142. The Balaban J connectivity index is 2.12. The van der Waals surface area contributed by atoms with E-state index >= 15 is 0 Å². The lowest BCUT2D eigenvalue weighted by Crippen LogP contribution is -2.50. The molecule has 2 aromatic carbocycles. The van der Waals surface area contributed by atoms with E-state index in [1.807, 2.05) is 50.2 Å². The third-order valence-electron chi connectivity index (χ3n) is 5.13. The van der Waals surface area contributed by atoms with Crippen molar-refractivity contribution in [2.75, 3.05) is 6.61 Å². The van der Waals surface area contributed by atoms with Crippen molar-refractivity contribution in [3.63, 3.8) is 0 Å². The Morgan fingerprint density at radius 2 is 1.60 bits per heavy atom. The fraction of sp³-hybridized carbons (Fsp3) is 0.417. The molecule has 0 aliphatic rings. The molecule has 0 aromatic heterocycles. The predicted molar refractivity (Wildman–Crippen MR) is 121 cm³/mol. The van der Waals surface area contributed by atoms with Crippen molar-refractivity contribution in [3.05, 3.63) is 64.7 Å². The van der Waals surface area contributed by atoms with E-state index in [0.29, 0.717) is 17.3 Å². The van der Waals surface area contributed by atoms with Gasteiger partial charge in [-0.2, -0.15) is 0 Å². The van der Waals surface area contributed by atoms with Gasteiger partial charge in [0.15, 0.2) is 6.61 Å². The summed E-state index contributed by atoms with van der Waals surface area (Å²) in [5, 5.41) is 3.57. The predicted octanol–water partition coefficient (Wildman–Crippen LogP) is 4.61. The van der Waals surface area contributed by atoms with Gasteiger partial charge in [-0.15, -0.1) is 0 Å². The molecule has 2 atom stereocenters. The summed E-state index contributed by atoms with van der Waals surface area (Å²) in [5.74, 6) is 0.194. The van der Waals surface area contributed by atoms with Crippen molar-refractivity contribution in [1.82, 2.24) is 10.2 Å². The zero-order valence-electron chi connectivity index (χ0n) is 18.2. The van der Waals surface area contributed by atoms with Gasteiger partial charge in [0, 0.05) is 17.6 Å². The highest BCUT2D eigenvalue weighted by atomic mass is 35.5. The average molecular weight is 431 g/mol. The second-order valence-electron chi connectivity index (χ2n) is 7.43. The molecule has 0 radical (unpaired) electrons. The second-order valence-corrected chi connectivity index (χ2v) is 7.86. The SMILES string of the molecule is CCc1ccc(OCC(=O)N(Cc2ccc(Cl)cc2)[C@H](C)C(=O)N[C@H](C)CC)cc1. The van der Waals surface area contributed by atoms with E-state index in [2.05, 4.69) is 12.2 Å². The van der Waals surface area contributed by atoms with Crippen LogP contribution < -0.4 is 10.1 Å². The molecule has 0 bridgehead atoms. The Labute approximate surface area is 184 Å². The number of halogens is 1. The van der Waals surface area contributed by atoms with Crippen molar-refractivity contribution in [1.29, 1.82) is 0 Å². The summed E-state index contributed by atoms with van der Waals surface area (Å²) in [6.45, 7) is 7.92. The molecule has 0 aliphatic carbocycles. The number of ether oxygens (including phenoxy) is 1. The molecule has 0 saturated carbocycles. The number of hydrogen-bond donors (Lipinski definition) is 1. The number of hydrogen-bond acceptors (Lipinski definition) is 3. The molecule has 0 saturated heterocycles. The summed E-state index contributed by atoms with van der Waals surface area (Å²) in [4.78, 5) is 27.2. The lowest BCUT2D eigenvalue weighted by atomic mass is 10.1. The van der Waals surface area contributed by atoms with Gasteiger partial charge in [0.25, 0.3) is 5.91 Å². The highest BCUT2D eigenvalue weighted by molar-refractivity contribution is 6.30. The first-order valence-electron chi connectivity index (χ1n) is 10.4. The smallest absolute Gasteiger partial charge is 0.261 e. The highest BCUT2D eigenvalue weighted by Gasteiger charge is 2.27. The molecule has 2 rings (SSSR count). The molecule has 0 aliphatic heterocycles. The largest absolute Gasteiger partial charge is 0.484 e. The van der Waals surface area contributed by atoms with Gasteiger partial charge in [-0.05, 0) is 62.1 Å². The third kappa shape index (κ3) is 7.06. The minimum absolute atomic E-state index is 0.0424. The molecular weight excluding hydrogens is 400 g/mol. The van der Waals surface area contributed by atoms with Gasteiger partial charge in [0.1, 0.15) is 11.8 Å². The molecule has 0 heterocycles. The van der Waals surface area contributed by atoms with E-state index in [9.17, 15) is 9.59 Å². The van der Waals surface area contributed by atoms with Crippen LogP contribution in [0.5, 0.6) is 5.75 Å². The van der Waals surface area contributed by atoms with Gasteiger partial charge in [-0.3, -0.25) is 9.59 Å². The standard InChI is InChI=1S/C24H31ClN2O3/c1-5-17(3)26-24(29)18(4)27(15-20-7-11-21(25)12-8-20)23(28)16-30-22-13-9-19(6-2)10-14-22/h7-14,17-18H,5-6,15-16H2,1-4H3,(H,26,29)/t17-,18-/m1/s1. The molecule has 2 aromatic rings. The van der Waals surface area contributed by atoms with Crippen molar-refractivity contribution in [3.8, 4) is 5.75 Å². The number of nitrogens with one attached hydrogen (secondary N) is 1. The Kier molecular flexibility index (Phi) is 9.18. The Bertz CT molecular complexity index is 821. The second kappa shape index (κ2) is 11.6. The van der Waals surface area contributed by atoms with Crippen molar-refractivity contribution < 1.29 is 14.3 Å². The maximum absolute atomic E-state index is 13.0. The topological polar surface area (TPSA) is 58.6 Å². The van der Waals surface area contributed by atoms with Crippen LogP contribution in [0.1, 0.15) is 45.2 Å². The van der Waals surface area contributed by atoms with Crippen LogP contribution in [0.25, 0.3) is 0 Å². The van der Waals surface area contributed by atoms with Crippen LogP contribution in [-0.2, 0) is 22.6 Å². The number of nitrogens with zero attached hydrogens (tertiary/aromatic N) is 1. The molecule has 0 fully saturated rings. The van der Waals surface area contributed by atoms with Crippen molar-refractivity contribution >= 4 is 23.4 Å². The molecule has 30 heavy (non-hydrogen) atoms. The van der Waals surface area contributed by atoms with Gasteiger partial charge >= 0.3 is 0 Å². The summed E-state index contributed by atoms with van der Waals surface area (Å²) in [6.07, 6.45) is 1.76. The Morgan fingerprint density at radius 1 is 1.00 bits per heavy atom. The summed E-state index contributed by atoms with van der Waals surface area (Å²) < 4.78 is 5.69. The molecule has 5 nitrogen and oxygen atoms in total. The maximum Gasteiger partial charge on any atom is 0.261 e. The summed E-state index contributed by atoms with van der Waals surface area (Å²) in [6, 6.07) is 14.3. The molecule has 2 amide bonds. The number of carbonyl (C=O) groups excluding carboxylic acids is 2. The van der Waals surface area contributed by atoms with Crippen LogP contribution in [0.4, 0.5) is 0 Å². The fourth-order valence-electron chi connectivity index (χ4n) is 2.88. The average Bonchev–Trinajstić information content (AvgIpc) is 2.76. The molecule has 162 valence electrons. The number of amides is 2. The van der Waals surface area contributed by atoms with E-state index in [0.717, 1.165) is 18.4 Å². The first-order chi connectivity index (χ1) is 14.3. The van der Waals surface area contributed by atoms with Crippen LogP contribution in [0.3, 0.4) is 0 Å². The maximum atomic E-state index is 13.0. The molecular formula is C24H31ClN2O3. The van der Waals surface area contributed by atoms with Gasteiger partial charge < -0.3 is 15.0 Å². The van der Waals surface area contributed by atoms with E-state index in [-0.39, 0.29) is 24.5 Å². The Hall–Kier alpha value is -2.53. The number of carbonyl (C=O) groups is 2. The molecule has 1 N–H and O–H groups in total. The van der Waals surface area contributed by atoms with Gasteiger partial charge in [-0.1, -0.05) is 49.7 Å². The molecule has 0 unspecified atom stereocenters. The normalized spacial score (nSPS) is 12.7. The number of rotatable bonds is 10. The van der Waals surface area contributed by atoms with E-state index < -0.39 is 6.04 Å². The van der Waals surface area contributed by atoms with E-state index in [1.165, 1.54) is 5.56 Å². The number of aryl methyl sites for hydroxylation is 1. The molecule has 0 spiro atoms.